The van der Waals surface area contributed by atoms with Crippen LogP contribution < -0.4 is 15.0 Å². The molecule has 6 rings (SSSR count). The van der Waals surface area contributed by atoms with Gasteiger partial charge in [0.2, 0.25) is 0 Å². The van der Waals surface area contributed by atoms with E-state index in [9.17, 15) is 4.79 Å². The zero-order chi connectivity index (χ0) is 20.8. The topological polar surface area (TPSA) is 109 Å². The summed E-state index contributed by atoms with van der Waals surface area (Å²) in [7, 11) is 0. The van der Waals surface area contributed by atoms with Gasteiger partial charge in [0.25, 0.3) is 11.3 Å². The molecule has 0 saturated carbocycles. The molecular weight excluding hydrogens is 398 g/mol. The van der Waals surface area contributed by atoms with Gasteiger partial charge < -0.3 is 14.0 Å². The Balaban J connectivity index is 1.41. The SMILES string of the molecule is O=c1c2nnc3nc(-c4ccncc4)nn3c2ccn1Cc1ccc2c(c1)OCCO2. The maximum Gasteiger partial charge on any atom is 0.280 e. The summed E-state index contributed by atoms with van der Waals surface area (Å²) >= 11 is 0. The number of rotatable bonds is 3. The molecule has 0 atom stereocenters. The van der Waals surface area contributed by atoms with Crippen molar-refractivity contribution in [1.29, 1.82) is 0 Å². The van der Waals surface area contributed by atoms with Gasteiger partial charge in [-0.3, -0.25) is 9.78 Å². The monoisotopic (exact) mass is 413 g/mol. The van der Waals surface area contributed by atoms with Crippen LogP contribution in [0.2, 0.25) is 0 Å². The van der Waals surface area contributed by atoms with Crippen molar-refractivity contribution in [2.75, 3.05) is 13.2 Å². The van der Waals surface area contributed by atoms with E-state index in [1.807, 2.05) is 30.3 Å². The van der Waals surface area contributed by atoms with E-state index in [4.69, 9.17) is 9.47 Å². The molecule has 152 valence electrons. The Morgan fingerprint density at radius 3 is 2.68 bits per heavy atom. The van der Waals surface area contributed by atoms with E-state index < -0.39 is 0 Å². The van der Waals surface area contributed by atoms with Crippen LogP contribution in [-0.2, 0) is 6.54 Å². The average molecular weight is 413 g/mol. The minimum Gasteiger partial charge on any atom is -0.486 e. The predicted octanol–water partition coefficient (Wildman–Crippen LogP) is 1.72. The highest BCUT2D eigenvalue weighted by Crippen LogP contribution is 2.30. The summed E-state index contributed by atoms with van der Waals surface area (Å²) in [4.78, 5) is 21.5. The van der Waals surface area contributed by atoms with Crippen molar-refractivity contribution >= 4 is 16.8 Å². The summed E-state index contributed by atoms with van der Waals surface area (Å²) in [6, 6.07) is 11.1. The molecule has 0 bridgehead atoms. The second kappa shape index (κ2) is 6.87. The number of pyridine rings is 2. The maximum absolute atomic E-state index is 13.1. The first kappa shape index (κ1) is 17.5. The van der Waals surface area contributed by atoms with Gasteiger partial charge in [-0.15, -0.1) is 15.3 Å². The molecule has 0 N–H and O–H groups in total. The van der Waals surface area contributed by atoms with Crippen molar-refractivity contribution in [3.8, 4) is 22.9 Å². The van der Waals surface area contributed by atoms with Gasteiger partial charge in [-0.05, 0) is 35.9 Å². The van der Waals surface area contributed by atoms with E-state index in [0.29, 0.717) is 48.4 Å². The van der Waals surface area contributed by atoms with Crippen LogP contribution in [0, 0.1) is 0 Å². The molecule has 0 saturated heterocycles. The van der Waals surface area contributed by atoms with Crippen molar-refractivity contribution in [2.45, 2.75) is 6.54 Å². The largest absolute Gasteiger partial charge is 0.486 e. The minimum atomic E-state index is -0.261. The summed E-state index contributed by atoms with van der Waals surface area (Å²) in [5.41, 5.74) is 2.23. The van der Waals surface area contributed by atoms with Gasteiger partial charge in [0.15, 0.2) is 22.8 Å². The first-order valence-electron chi connectivity index (χ1n) is 9.68. The number of nitrogens with zero attached hydrogens (tertiary/aromatic N) is 7. The summed E-state index contributed by atoms with van der Waals surface area (Å²) in [6.45, 7) is 1.41. The van der Waals surface area contributed by atoms with E-state index in [1.54, 1.807) is 29.2 Å². The fraction of sp³-hybridized carbons (Fsp3) is 0.143. The lowest BCUT2D eigenvalue weighted by Gasteiger charge is -2.19. The summed E-state index contributed by atoms with van der Waals surface area (Å²) in [6.07, 6.45) is 5.05. The van der Waals surface area contributed by atoms with E-state index in [-0.39, 0.29) is 11.1 Å². The molecule has 0 aliphatic carbocycles. The zero-order valence-electron chi connectivity index (χ0n) is 16.2. The van der Waals surface area contributed by atoms with Crippen LogP contribution in [0.5, 0.6) is 11.5 Å². The van der Waals surface area contributed by atoms with Crippen LogP contribution in [0.25, 0.3) is 28.2 Å². The molecule has 10 heteroatoms. The molecule has 1 aliphatic heterocycles. The number of hydrogen-bond acceptors (Lipinski definition) is 8. The Morgan fingerprint density at radius 1 is 0.968 bits per heavy atom. The van der Waals surface area contributed by atoms with Crippen molar-refractivity contribution in [2.24, 2.45) is 0 Å². The van der Waals surface area contributed by atoms with E-state index in [1.165, 1.54) is 4.52 Å². The molecule has 5 aromatic rings. The van der Waals surface area contributed by atoms with Gasteiger partial charge in [0.1, 0.15) is 18.7 Å². The van der Waals surface area contributed by atoms with Crippen LogP contribution in [-0.4, -0.2) is 47.6 Å². The number of hydrogen-bond donors (Lipinski definition) is 0. The van der Waals surface area contributed by atoms with E-state index in [0.717, 1.165) is 11.1 Å². The number of fused-ring (bicyclic) bond motifs is 4. The molecule has 0 fully saturated rings. The van der Waals surface area contributed by atoms with E-state index >= 15 is 0 Å². The lowest BCUT2D eigenvalue weighted by atomic mass is 10.2. The molecule has 31 heavy (non-hydrogen) atoms. The van der Waals surface area contributed by atoms with Gasteiger partial charge in [0.05, 0.1) is 6.54 Å². The zero-order valence-corrected chi connectivity index (χ0v) is 16.2. The van der Waals surface area contributed by atoms with Gasteiger partial charge in [-0.25, -0.2) is 0 Å². The molecule has 1 aromatic carbocycles. The van der Waals surface area contributed by atoms with Gasteiger partial charge in [-0.1, -0.05) is 6.07 Å². The smallest absolute Gasteiger partial charge is 0.280 e. The van der Waals surface area contributed by atoms with Crippen molar-refractivity contribution in [3.63, 3.8) is 0 Å². The predicted molar refractivity (Wildman–Crippen MR) is 110 cm³/mol. The van der Waals surface area contributed by atoms with Crippen molar-refractivity contribution in [3.05, 3.63) is 70.9 Å². The highest BCUT2D eigenvalue weighted by molar-refractivity contribution is 5.75. The Kier molecular flexibility index (Phi) is 3.88. The van der Waals surface area contributed by atoms with Crippen LogP contribution in [0.4, 0.5) is 0 Å². The molecule has 4 aromatic heterocycles. The Hall–Kier alpha value is -4.34. The third-order valence-corrected chi connectivity index (χ3v) is 5.07. The van der Waals surface area contributed by atoms with Crippen LogP contribution in [0.3, 0.4) is 0 Å². The van der Waals surface area contributed by atoms with Crippen LogP contribution in [0.15, 0.2) is 59.8 Å². The van der Waals surface area contributed by atoms with Crippen LogP contribution in [0.1, 0.15) is 5.56 Å². The van der Waals surface area contributed by atoms with Crippen molar-refractivity contribution in [1.82, 2.24) is 34.3 Å². The van der Waals surface area contributed by atoms with Gasteiger partial charge in [0, 0.05) is 24.2 Å². The number of ether oxygens (including phenoxy) is 2. The maximum atomic E-state index is 13.1. The molecule has 0 amide bonds. The highest BCUT2D eigenvalue weighted by atomic mass is 16.6. The third-order valence-electron chi connectivity index (χ3n) is 5.07. The standard InChI is InChI=1S/C21H15N7O3/c29-20-18-15(28-21(25-24-18)23-19(26-28)14-3-6-22-7-4-14)5-8-27(20)12-13-1-2-16-17(11-13)31-10-9-30-16/h1-8,11H,9-10,12H2. The fourth-order valence-corrected chi connectivity index (χ4v) is 3.57. The second-order valence-electron chi connectivity index (χ2n) is 7.04. The quantitative estimate of drug-likeness (QED) is 0.440. The fourth-order valence-electron chi connectivity index (χ4n) is 3.57. The van der Waals surface area contributed by atoms with Crippen molar-refractivity contribution < 1.29 is 9.47 Å². The molecular formula is C21H15N7O3. The van der Waals surface area contributed by atoms with Crippen LogP contribution >= 0.6 is 0 Å². The molecule has 5 heterocycles. The summed E-state index contributed by atoms with van der Waals surface area (Å²) in [5, 5.41) is 12.7. The molecule has 0 radical (unpaired) electrons. The normalized spacial score (nSPS) is 13.0. The summed E-state index contributed by atoms with van der Waals surface area (Å²) in [5.74, 6) is 2.21. The Morgan fingerprint density at radius 2 is 1.81 bits per heavy atom. The van der Waals surface area contributed by atoms with E-state index in [2.05, 4.69) is 25.3 Å². The first-order chi connectivity index (χ1) is 15.3. The number of benzene rings is 1. The average Bonchev–Trinajstić information content (AvgIpc) is 3.26. The van der Waals surface area contributed by atoms with Gasteiger partial charge in [-0.2, -0.15) is 9.50 Å². The van der Waals surface area contributed by atoms with Gasteiger partial charge >= 0.3 is 0 Å². The lowest BCUT2D eigenvalue weighted by Crippen LogP contribution is -2.22. The molecule has 0 unspecified atom stereocenters. The summed E-state index contributed by atoms with van der Waals surface area (Å²) < 4.78 is 14.3. The molecule has 1 aliphatic rings. The Labute approximate surface area is 174 Å². The first-order valence-corrected chi connectivity index (χ1v) is 9.68. The molecule has 10 nitrogen and oxygen atoms in total. The highest BCUT2D eigenvalue weighted by Gasteiger charge is 2.15. The Bertz CT molecular complexity index is 1490. The minimum absolute atomic E-state index is 0.221. The second-order valence-corrected chi connectivity index (χ2v) is 7.04. The third kappa shape index (κ3) is 2.96. The molecule has 0 spiro atoms. The number of aromatic nitrogens is 7. The lowest BCUT2D eigenvalue weighted by molar-refractivity contribution is 0.171.